The third kappa shape index (κ3) is 1.28. The van der Waals surface area contributed by atoms with Gasteiger partial charge >= 0.3 is 0 Å². The lowest BCUT2D eigenvalue weighted by atomic mass is 9.91. The summed E-state index contributed by atoms with van der Waals surface area (Å²) in [5.41, 5.74) is 0. The van der Waals surface area contributed by atoms with Crippen molar-refractivity contribution in [2.75, 3.05) is 0 Å². The first-order valence-electron chi connectivity index (χ1n) is 4.25. The van der Waals surface area contributed by atoms with Crippen LogP contribution in [0.25, 0.3) is 0 Å². The molecule has 1 aliphatic rings. The highest BCUT2D eigenvalue weighted by Gasteiger charge is 2.27. The molecule has 0 aliphatic heterocycles. The Bertz CT molecular complexity index is 86.0. The van der Waals surface area contributed by atoms with E-state index >= 15 is 0 Å². The van der Waals surface area contributed by atoms with E-state index in [1.807, 2.05) is 0 Å². The molecule has 0 amide bonds. The van der Waals surface area contributed by atoms with Crippen LogP contribution in [0.3, 0.4) is 0 Å². The maximum absolute atomic E-state index is 2.41. The van der Waals surface area contributed by atoms with Gasteiger partial charge < -0.3 is 0 Å². The van der Waals surface area contributed by atoms with Crippen LogP contribution in [0.1, 0.15) is 40.0 Å². The van der Waals surface area contributed by atoms with E-state index < -0.39 is 0 Å². The number of hydrogen-bond acceptors (Lipinski definition) is 0. The number of rotatable bonds is 1. The van der Waals surface area contributed by atoms with Gasteiger partial charge in [0.1, 0.15) is 0 Å². The van der Waals surface area contributed by atoms with Crippen LogP contribution in [-0.4, -0.2) is 0 Å². The zero-order chi connectivity index (χ0) is 6.85. The molecule has 0 aromatic heterocycles. The predicted octanol–water partition coefficient (Wildman–Crippen LogP) is 3.08. The summed E-state index contributed by atoms with van der Waals surface area (Å²) in [5.74, 6) is 3.03. The largest absolute Gasteiger partial charge is 0.0651 e. The minimum absolute atomic E-state index is 0.995. The standard InChI is InChI=1S/C9H18/c1-4-9-6-5-7(2)8(9)3/h7-9H,4-6H2,1-3H3/t7?,8-,9-/m0/s1. The second-order valence-corrected chi connectivity index (χ2v) is 3.58. The maximum atomic E-state index is 2.41. The Morgan fingerprint density at radius 2 is 1.89 bits per heavy atom. The highest BCUT2D eigenvalue weighted by atomic mass is 14.3. The van der Waals surface area contributed by atoms with Gasteiger partial charge in [0.05, 0.1) is 0 Å². The minimum atomic E-state index is 0.995. The van der Waals surface area contributed by atoms with Gasteiger partial charge in [0.15, 0.2) is 0 Å². The Labute approximate surface area is 58.7 Å². The monoisotopic (exact) mass is 126 g/mol. The van der Waals surface area contributed by atoms with Gasteiger partial charge in [-0.3, -0.25) is 0 Å². The zero-order valence-electron chi connectivity index (χ0n) is 6.85. The summed E-state index contributed by atoms with van der Waals surface area (Å²) in [4.78, 5) is 0. The Morgan fingerprint density at radius 1 is 1.22 bits per heavy atom. The fourth-order valence-electron chi connectivity index (χ4n) is 2.04. The Kier molecular flexibility index (Phi) is 2.15. The zero-order valence-corrected chi connectivity index (χ0v) is 6.85. The van der Waals surface area contributed by atoms with Crippen molar-refractivity contribution in [1.29, 1.82) is 0 Å². The van der Waals surface area contributed by atoms with Crippen molar-refractivity contribution in [2.24, 2.45) is 17.8 Å². The van der Waals surface area contributed by atoms with Crippen LogP contribution in [-0.2, 0) is 0 Å². The molecule has 1 unspecified atom stereocenters. The molecular weight excluding hydrogens is 108 g/mol. The van der Waals surface area contributed by atoms with E-state index in [9.17, 15) is 0 Å². The van der Waals surface area contributed by atoms with Crippen LogP contribution in [0.5, 0.6) is 0 Å². The summed E-state index contributed by atoms with van der Waals surface area (Å²) in [6.45, 7) is 7.12. The van der Waals surface area contributed by atoms with E-state index in [1.165, 1.54) is 19.3 Å². The molecular formula is C9H18. The van der Waals surface area contributed by atoms with Gasteiger partial charge in [0, 0.05) is 0 Å². The first-order valence-corrected chi connectivity index (χ1v) is 4.25. The van der Waals surface area contributed by atoms with Crippen molar-refractivity contribution in [3.63, 3.8) is 0 Å². The van der Waals surface area contributed by atoms with E-state index in [0.29, 0.717) is 0 Å². The molecule has 0 radical (unpaired) electrons. The topological polar surface area (TPSA) is 0 Å². The molecule has 0 heterocycles. The fourth-order valence-corrected chi connectivity index (χ4v) is 2.04. The Hall–Kier alpha value is 0. The highest BCUT2D eigenvalue weighted by Crippen LogP contribution is 2.37. The summed E-state index contributed by atoms with van der Waals surface area (Å²) in [6.07, 6.45) is 4.35. The van der Waals surface area contributed by atoms with E-state index in [2.05, 4.69) is 20.8 Å². The lowest BCUT2D eigenvalue weighted by Crippen LogP contribution is -2.07. The third-order valence-corrected chi connectivity index (χ3v) is 3.16. The van der Waals surface area contributed by atoms with Gasteiger partial charge in [-0.25, -0.2) is 0 Å². The first-order chi connectivity index (χ1) is 4.25. The Morgan fingerprint density at radius 3 is 2.11 bits per heavy atom. The van der Waals surface area contributed by atoms with E-state index in [0.717, 1.165) is 17.8 Å². The predicted molar refractivity (Wildman–Crippen MR) is 41.3 cm³/mol. The average Bonchev–Trinajstić information content (AvgIpc) is 2.15. The summed E-state index contributed by atoms with van der Waals surface area (Å²) < 4.78 is 0. The van der Waals surface area contributed by atoms with Gasteiger partial charge in [0.25, 0.3) is 0 Å². The quantitative estimate of drug-likeness (QED) is 0.506. The van der Waals surface area contributed by atoms with E-state index in [-0.39, 0.29) is 0 Å². The lowest BCUT2D eigenvalue weighted by molar-refractivity contribution is 0.349. The van der Waals surface area contributed by atoms with Gasteiger partial charge in [-0.15, -0.1) is 0 Å². The second kappa shape index (κ2) is 2.72. The first kappa shape index (κ1) is 7.11. The molecule has 0 bridgehead atoms. The molecule has 0 aromatic rings. The summed E-state index contributed by atoms with van der Waals surface area (Å²) >= 11 is 0. The van der Waals surface area contributed by atoms with Crippen molar-refractivity contribution in [3.8, 4) is 0 Å². The molecule has 54 valence electrons. The molecule has 1 saturated carbocycles. The SMILES string of the molecule is CC[C@H]1CCC(C)[C@@H]1C. The molecule has 1 fully saturated rings. The molecule has 0 aromatic carbocycles. The van der Waals surface area contributed by atoms with Crippen molar-refractivity contribution >= 4 is 0 Å². The van der Waals surface area contributed by atoms with Crippen LogP contribution in [0, 0.1) is 17.8 Å². The highest BCUT2D eigenvalue weighted by molar-refractivity contribution is 4.78. The smallest absolute Gasteiger partial charge is 0.0388 e. The van der Waals surface area contributed by atoms with Gasteiger partial charge in [0.2, 0.25) is 0 Å². The van der Waals surface area contributed by atoms with Crippen LogP contribution in [0.15, 0.2) is 0 Å². The molecule has 0 saturated heterocycles. The van der Waals surface area contributed by atoms with Crippen LogP contribution in [0.4, 0.5) is 0 Å². The molecule has 3 atom stereocenters. The second-order valence-electron chi connectivity index (χ2n) is 3.58. The van der Waals surface area contributed by atoms with Crippen LogP contribution < -0.4 is 0 Å². The van der Waals surface area contributed by atoms with Crippen molar-refractivity contribution in [2.45, 2.75) is 40.0 Å². The van der Waals surface area contributed by atoms with Gasteiger partial charge in [-0.05, 0) is 24.2 Å². The molecule has 0 spiro atoms. The van der Waals surface area contributed by atoms with E-state index in [4.69, 9.17) is 0 Å². The fraction of sp³-hybridized carbons (Fsp3) is 1.00. The summed E-state index contributed by atoms with van der Waals surface area (Å²) in [7, 11) is 0. The van der Waals surface area contributed by atoms with Crippen molar-refractivity contribution in [1.82, 2.24) is 0 Å². The third-order valence-electron chi connectivity index (χ3n) is 3.16. The molecule has 0 N–H and O–H groups in total. The number of hydrogen-bond donors (Lipinski definition) is 0. The molecule has 1 rings (SSSR count). The normalized spacial score (nSPS) is 43.7. The van der Waals surface area contributed by atoms with Gasteiger partial charge in [-0.2, -0.15) is 0 Å². The average molecular weight is 126 g/mol. The molecule has 1 aliphatic carbocycles. The van der Waals surface area contributed by atoms with Gasteiger partial charge in [-0.1, -0.05) is 33.6 Å². The molecule has 9 heavy (non-hydrogen) atoms. The van der Waals surface area contributed by atoms with Crippen LogP contribution in [0.2, 0.25) is 0 Å². The van der Waals surface area contributed by atoms with Crippen molar-refractivity contribution in [3.05, 3.63) is 0 Å². The summed E-state index contributed by atoms with van der Waals surface area (Å²) in [6, 6.07) is 0. The molecule has 0 nitrogen and oxygen atoms in total. The minimum Gasteiger partial charge on any atom is -0.0651 e. The van der Waals surface area contributed by atoms with Crippen LogP contribution >= 0.6 is 0 Å². The van der Waals surface area contributed by atoms with E-state index in [1.54, 1.807) is 0 Å². The lowest BCUT2D eigenvalue weighted by Gasteiger charge is -2.15. The van der Waals surface area contributed by atoms with Crippen molar-refractivity contribution < 1.29 is 0 Å². The Balaban J connectivity index is 2.41. The summed E-state index contributed by atoms with van der Waals surface area (Å²) in [5, 5.41) is 0. The maximum Gasteiger partial charge on any atom is -0.0388 e. The molecule has 0 heteroatoms.